The SMILES string of the molecule is CC(C)CN(O)SN1CCC(C)CC1. The van der Waals surface area contributed by atoms with Gasteiger partial charge in [0.2, 0.25) is 0 Å². The fraction of sp³-hybridized carbons (Fsp3) is 1.00. The number of piperidine rings is 1. The first-order valence-corrected chi connectivity index (χ1v) is 6.20. The van der Waals surface area contributed by atoms with E-state index in [2.05, 4.69) is 25.1 Å². The first-order valence-electron chi connectivity index (χ1n) is 5.47. The molecule has 84 valence electrons. The fourth-order valence-corrected chi connectivity index (χ4v) is 2.55. The quantitative estimate of drug-likeness (QED) is 0.579. The number of hydroxylamine groups is 1. The van der Waals surface area contributed by atoms with Gasteiger partial charge in [0, 0.05) is 31.8 Å². The zero-order valence-corrected chi connectivity index (χ0v) is 10.3. The van der Waals surface area contributed by atoms with E-state index in [9.17, 15) is 5.21 Å². The highest BCUT2D eigenvalue weighted by atomic mass is 32.2. The van der Waals surface area contributed by atoms with Crippen molar-refractivity contribution in [2.45, 2.75) is 33.6 Å². The van der Waals surface area contributed by atoms with Crippen LogP contribution < -0.4 is 0 Å². The average molecular weight is 218 g/mol. The van der Waals surface area contributed by atoms with Crippen molar-refractivity contribution in [1.29, 1.82) is 0 Å². The van der Waals surface area contributed by atoms with Crippen molar-refractivity contribution in [2.24, 2.45) is 11.8 Å². The summed E-state index contributed by atoms with van der Waals surface area (Å²) < 4.78 is 3.61. The molecule has 1 rings (SSSR count). The van der Waals surface area contributed by atoms with Crippen LogP contribution in [0.3, 0.4) is 0 Å². The second-order valence-corrected chi connectivity index (χ2v) is 5.72. The molecule has 1 saturated heterocycles. The summed E-state index contributed by atoms with van der Waals surface area (Å²) in [6, 6.07) is 0. The van der Waals surface area contributed by atoms with Gasteiger partial charge in [0.25, 0.3) is 0 Å². The largest absolute Gasteiger partial charge is 0.302 e. The topological polar surface area (TPSA) is 26.7 Å². The molecular weight excluding hydrogens is 196 g/mol. The maximum Gasteiger partial charge on any atom is 0.0391 e. The van der Waals surface area contributed by atoms with E-state index in [-0.39, 0.29) is 0 Å². The minimum atomic E-state index is 0.510. The lowest BCUT2D eigenvalue weighted by molar-refractivity contribution is 0.00176. The summed E-state index contributed by atoms with van der Waals surface area (Å²) in [6.07, 6.45) is 2.50. The Bertz CT molecular complexity index is 158. The van der Waals surface area contributed by atoms with Crippen molar-refractivity contribution >= 4 is 12.1 Å². The van der Waals surface area contributed by atoms with Crippen LogP contribution in [-0.2, 0) is 0 Å². The normalized spacial score (nSPS) is 21.0. The minimum absolute atomic E-state index is 0.510. The zero-order valence-electron chi connectivity index (χ0n) is 9.44. The Morgan fingerprint density at radius 2 is 2.00 bits per heavy atom. The molecule has 0 saturated carbocycles. The highest BCUT2D eigenvalue weighted by Crippen LogP contribution is 2.23. The number of hydrogen-bond acceptors (Lipinski definition) is 4. The maximum absolute atomic E-state index is 9.59. The van der Waals surface area contributed by atoms with Gasteiger partial charge in [-0.15, -0.1) is 4.47 Å². The third kappa shape index (κ3) is 4.64. The van der Waals surface area contributed by atoms with E-state index in [1.165, 1.54) is 29.4 Å². The number of hydrogen-bond donors (Lipinski definition) is 1. The van der Waals surface area contributed by atoms with E-state index >= 15 is 0 Å². The van der Waals surface area contributed by atoms with E-state index in [4.69, 9.17) is 0 Å². The molecule has 1 N–H and O–H groups in total. The van der Waals surface area contributed by atoms with Crippen molar-refractivity contribution in [3.05, 3.63) is 0 Å². The minimum Gasteiger partial charge on any atom is -0.302 e. The molecule has 1 aliphatic heterocycles. The predicted octanol–water partition coefficient (Wildman–Crippen LogP) is 2.63. The van der Waals surface area contributed by atoms with Gasteiger partial charge < -0.3 is 5.21 Å². The van der Waals surface area contributed by atoms with Gasteiger partial charge in [-0.05, 0) is 24.7 Å². The number of nitrogens with zero attached hydrogens (tertiary/aromatic N) is 2. The monoisotopic (exact) mass is 218 g/mol. The van der Waals surface area contributed by atoms with Crippen LogP contribution >= 0.6 is 12.1 Å². The van der Waals surface area contributed by atoms with Gasteiger partial charge in [-0.1, -0.05) is 20.8 Å². The van der Waals surface area contributed by atoms with Crippen molar-refractivity contribution in [3.63, 3.8) is 0 Å². The Morgan fingerprint density at radius 1 is 1.43 bits per heavy atom. The third-order valence-electron chi connectivity index (χ3n) is 2.47. The lowest BCUT2D eigenvalue weighted by atomic mass is 10.0. The third-order valence-corrected chi connectivity index (χ3v) is 3.41. The van der Waals surface area contributed by atoms with Crippen LogP contribution in [0, 0.1) is 11.8 Å². The molecule has 0 spiro atoms. The zero-order chi connectivity index (χ0) is 10.6. The van der Waals surface area contributed by atoms with E-state index in [1.807, 2.05) is 0 Å². The smallest absolute Gasteiger partial charge is 0.0391 e. The van der Waals surface area contributed by atoms with E-state index in [0.717, 1.165) is 25.6 Å². The summed E-state index contributed by atoms with van der Waals surface area (Å²) in [5, 5.41) is 9.59. The standard InChI is InChI=1S/C10H22N2OS/c1-9(2)8-12(13)14-11-6-4-10(3)5-7-11/h9-10,13H,4-8H2,1-3H3. The van der Waals surface area contributed by atoms with Crippen molar-refractivity contribution in [3.8, 4) is 0 Å². The Morgan fingerprint density at radius 3 is 2.50 bits per heavy atom. The molecule has 3 nitrogen and oxygen atoms in total. The predicted molar refractivity (Wildman–Crippen MR) is 60.9 cm³/mol. The van der Waals surface area contributed by atoms with E-state index < -0.39 is 0 Å². The lowest BCUT2D eigenvalue weighted by Crippen LogP contribution is -2.32. The summed E-state index contributed by atoms with van der Waals surface area (Å²) >= 11 is 1.47. The van der Waals surface area contributed by atoms with Crippen molar-refractivity contribution < 1.29 is 5.21 Å². The fourth-order valence-electron chi connectivity index (χ4n) is 1.55. The first-order chi connectivity index (χ1) is 6.58. The van der Waals surface area contributed by atoms with Gasteiger partial charge in [-0.2, -0.15) is 0 Å². The number of rotatable bonds is 4. The Kier molecular flexibility index (Phi) is 5.23. The molecule has 1 heterocycles. The van der Waals surface area contributed by atoms with Gasteiger partial charge in [-0.25, -0.2) is 4.31 Å². The molecule has 0 atom stereocenters. The second-order valence-electron chi connectivity index (χ2n) is 4.62. The van der Waals surface area contributed by atoms with Gasteiger partial charge in [0.05, 0.1) is 0 Å². The molecule has 0 amide bonds. The van der Waals surface area contributed by atoms with Gasteiger partial charge in [0.15, 0.2) is 0 Å². The molecule has 1 aliphatic rings. The Labute approximate surface area is 91.7 Å². The average Bonchev–Trinajstić information content (AvgIpc) is 2.07. The summed E-state index contributed by atoms with van der Waals surface area (Å²) in [7, 11) is 0. The maximum atomic E-state index is 9.59. The molecule has 1 fully saturated rings. The van der Waals surface area contributed by atoms with E-state index in [0.29, 0.717) is 5.92 Å². The molecule has 4 heteroatoms. The van der Waals surface area contributed by atoms with Crippen LogP contribution in [-0.4, -0.2) is 33.6 Å². The Hall–Kier alpha value is 0.230. The molecular formula is C10H22N2OS. The molecule has 0 aliphatic carbocycles. The molecule has 0 aromatic heterocycles. The summed E-state index contributed by atoms with van der Waals surface area (Å²) in [5.74, 6) is 1.36. The van der Waals surface area contributed by atoms with Gasteiger partial charge in [0.1, 0.15) is 0 Å². The molecule has 0 aromatic rings. The summed E-state index contributed by atoms with van der Waals surface area (Å²) in [4.78, 5) is 0. The summed E-state index contributed by atoms with van der Waals surface area (Å²) in [6.45, 7) is 9.45. The van der Waals surface area contributed by atoms with Crippen molar-refractivity contribution in [1.82, 2.24) is 8.77 Å². The lowest BCUT2D eigenvalue weighted by Gasteiger charge is -2.31. The molecule has 0 radical (unpaired) electrons. The molecule has 0 aromatic carbocycles. The van der Waals surface area contributed by atoms with Gasteiger partial charge in [-0.3, -0.25) is 0 Å². The molecule has 0 unspecified atom stereocenters. The van der Waals surface area contributed by atoms with Crippen LogP contribution in [0.4, 0.5) is 0 Å². The molecule has 14 heavy (non-hydrogen) atoms. The van der Waals surface area contributed by atoms with Crippen molar-refractivity contribution in [2.75, 3.05) is 19.6 Å². The van der Waals surface area contributed by atoms with Crippen LogP contribution in [0.2, 0.25) is 0 Å². The van der Waals surface area contributed by atoms with Crippen LogP contribution in [0.25, 0.3) is 0 Å². The summed E-state index contributed by atoms with van der Waals surface area (Å²) in [5.41, 5.74) is 0. The highest BCUT2D eigenvalue weighted by molar-refractivity contribution is 7.94. The van der Waals surface area contributed by atoms with Crippen LogP contribution in [0.1, 0.15) is 33.6 Å². The van der Waals surface area contributed by atoms with Crippen LogP contribution in [0.5, 0.6) is 0 Å². The van der Waals surface area contributed by atoms with Gasteiger partial charge >= 0.3 is 0 Å². The van der Waals surface area contributed by atoms with E-state index in [1.54, 1.807) is 0 Å². The highest BCUT2D eigenvalue weighted by Gasteiger charge is 2.18. The Balaban J connectivity index is 2.17. The molecule has 0 bridgehead atoms. The first kappa shape index (κ1) is 12.3. The van der Waals surface area contributed by atoms with Crippen LogP contribution in [0.15, 0.2) is 0 Å². The second kappa shape index (κ2) is 5.95.